The number of fused-ring (bicyclic) bond motifs is 1. The highest BCUT2D eigenvalue weighted by molar-refractivity contribution is 6.10. The summed E-state index contributed by atoms with van der Waals surface area (Å²) in [4.78, 5) is 33.1. The molecule has 0 spiro atoms. The van der Waals surface area contributed by atoms with Gasteiger partial charge in [0, 0.05) is 18.0 Å². The van der Waals surface area contributed by atoms with Crippen molar-refractivity contribution in [3.05, 3.63) is 95.6 Å². The van der Waals surface area contributed by atoms with Crippen LogP contribution in [0.2, 0.25) is 0 Å². The predicted octanol–water partition coefficient (Wildman–Crippen LogP) is 4.92. The van der Waals surface area contributed by atoms with E-state index in [2.05, 4.69) is 20.6 Å². The third kappa shape index (κ3) is 4.35. The molecule has 154 valence electrons. The molecule has 2 aromatic carbocycles. The molecule has 0 fully saturated rings. The third-order valence-corrected chi connectivity index (χ3v) is 4.30. The second-order valence-electron chi connectivity index (χ2n) is 6.47. The standard InChI is InChI=1S/C22H13F3N4O2/c23-12-3-1-4-14(9-12)27-22(31)29-19-11-13(24)10-15(20(19)25)21(30)18-7-6-16-17(28-18)5-2-8-26-16/h1-11H,(H2,27,29,31). The molecule has 0 saturated carbocycles. The van der Waals surface area contributed by atoms with E-state index in [1.54, 1.807) is 24.4 Å². The van der Waals surface area contributed by atoms with Crippen LogP contribution in [0.5, 0.6) is 0 Å². The van der Waals surface area contributed by atoms with Gasteiger partial charge in [-0.05, 0) is 48.5 Å². The minimum atomic E-state index is -1.13. The lowest BCUT2D eigenvalue weighted by Crippen LogP contribution is -2.21. The maximum absolute atomic E-state index is 14.9. The minimum absolute atomic E-state index is 0.111. The van der Waals surface area contributed by atoms with Gasteiger partial charge in [-0.15, -0.1) is 0 Å². The number of ketones is 1. The van der Waals surface area contributed by atoms with Crippen molar-refractivity contribution < 1.29 is 22.8 Å². The maximum Gasteiger partial charge on any atom is 0.323 e. The summed E-state index contributed by atoms with van der Waals surface area (Å²) in [6.45, 7) is 0. The van der Waals surface area contributed by atoms with Crippen molar-refractivity contribution >= 4 is 34.2 Å². The number of carbonyl (C=O) groups is 2. The van der Waals surface area contributed by atoms with Crippen molar-refractivity contribution in [3.63, 3.8) is 0 Å². The summed E-state index contributed by atoms with van der Waals surface area (Å²) in [5.41, 5.74) is -0.204. The molecule has 9 heteroatoms. The summed E-state index contributed by atoms with van der Waals surface area (Å²) in [7, 11) is 0. The first-order valence-electron chi connectivity index (χ1n) is 9.00. The number of rotatable bonds is 4. The quantitative estimate of drug-likeness (QED) is 0.457. The molecule has 2 N–H and O–H groups in total. The average Bonchev–Trinajstić information content (AvgIpc) is 2.75. The highest BCUT2D eigenvalue weighted by atomic mass is 19.1. The van der Waals surface area contributed by atoms with Crippen LogP contribution in [0, 0.1) is 17.5 Å². The highest BCUT2D eigenvalue weighted by Gasteiger charge is 2.21. The normalized spacial score (nSPS) is 10.7. The second-order valence-corrected chi connectivity index (χ2v) is 6.47. The van der Waals surface area contributed by atoms with Crippen LogP contribution in [0.3, 0.4) is 0 Å². The first-order valence-corrected chi connectivity index (χ1v) is 9.00. The molecule has 0 aliphatic carbocycles. The topological polar surface area (TPSA) is 84.0 Å². The fraction of sp³-hybridized carbons (Fsp3) is 0. The molecule has 0 radical (unpaired) electrons. The van der Waals surface area contributed by atoms with Crippen LogP contribution in [-0.2, 0) is 0 Å². The van der Waals surface area contributed by atoms with E-state index in [1.807, 2.05) is 0 Å². The number of nitrogens with zero attached hydrogens (tertiary/aromatic N) is 2. The van der Waals surface area contributed by atoms with Gasteiger partial charge in [-0.25, -0.2) is 22.9 Å². The Balaban J connectivity index is 1.62. The number of carbonyl (C=O) groups excluding carboxylic acids is 2. The van der Waals surface area contributed by atoms with Crippen LogP contribution in [0.25, 0.3) is 11.0 Å². The zero-order valence-corrected chi connectivity index (χ0v) is 15.7. The Morgan fingerprint density at radius 1 is 0.806 bits per heavy atom. The Labute approximate surface area is 173 Å². The Kier molecular flexibility index (Phi) is 5.31. The van der Waals surface area contributed by atoms with Crippen molar-refractivity contribution in [3.8, 4) is 0 Å². The molecule has 2 amide bonds. The Hall–Kier alpha value is -4.27. The number of nitrogens with one attached hydrogen (secondary N) is 2. The minimum Gasteiger partial charge on any atom is -0.308 e. The molecule has 0 aliphatic heterocycles. The molecule has 2 aromatic heterocycles. The summed E-state index contributed by atoms with van der Waals surface area (Å²) in [5.74, 6) is -3.51. The number of anilines is 2. The Morgan fingerprint density at radius 3 is 2.45 bits per heavy atom. The van der Waals surface area contributed by atoms with Crippen LogP contribution in [0.1, 0.15) is 16.1 Å². The second kappa shape index (κ2) is 8.23. The third-order valence-electron chi connectivity index (χ3n) is 4.30. The Bertz CT molecular complexity index is 1330. The van der Waals surface area contributed by atoms with Gasteiger partial charge < -0.3 is 10.6 Å². The first-order chi connectivity index (χ1) is 14.9. The van der Waals surface area contributed by atoms with Crippen molar-refractivity contribution in [1.29, 1.82) is 0 Å². The SMILES string of the molecule is O=C(Nc1cccc(F)c1)Nc1cc(F)cc(C(=O)c2ccc3ncccc3n2)c1F. The summed E-state index contributed by atoms with van der Waals surface area (Å²) in [5, 5.41) is 4.42. The summed E-state index contributed by atoms with van der Waals surface area (Å²) in [6, 6.07) is 11.7. The van der Waals surface area contributed by atoms with Crippen LogP contribution in [-0.4, -0.2) is 21.8 Å². The molecule has 0 unspecified atom stereocenters. The molecular weight excluding hydrogens is 409 g/mol. The molecule has 0 aliphatic rings. The Morgan fingerprint density at radius 2 is 1.65 bits per heavy atom. The van der Waals surface area contributed by atoms with Gasteiger partial charge in [-0.2, -0.15) is 0 Å². The number of halogens is 3. The zero-order valence-electron chi connectivity index (χ0n) is 15.7. The fourth-order valence-electron chi connectivity index (χ4n) is 2.92. The van der Waals surface area contributed by atoms with Gasteiger partial charge in [0.25, 0.3) is 0 Å². The number of hydrogen-bond acceptors (Lipinski definition) is 4. The van der Waals surface area contributed by atoms with Crippen molar-refractivity contribution in [2.24, 2.45) is 0 Å². The van der Waals surface area contributed by atoms with E-state index in [1.165, 1.54) is 24.3 Å². The van der Waals surface area contributed by atoms with E-state index >= 15 is 0 Å². The number of amides is 2. The monoisotopic (exact) mass is 422 g/mol. The van der Waals surface area contributed by atoms with Crippen molar-refractivity contribution in [1.82, 2.24) is 9.97 Å². The van der Waals surface area contributed by atoms with Crippen LogP contribution < -0.4 is 10.6 Å². The molecule has 0 bridgehead atoms. The molecule has 0 atom stereocenters. The first kappa shape index (κ1) is 20.0. The zero-order chi connectivity index (χ0) is 22.0. The van der Waals surface area contributed by atoms with Gasteiger partial charge in [0.1, 0.15) is 17.3 Å². The molecular formula is C22H13F3N4O2. The molecule has 6 nitrogen and oxygen atoms in total. The van der Waals surface area contributed by atoms with E-state index in [0.29, 0.717) is 11.0 Å². The average molecular weight is 422 g/mol. The number of pyridine rings is 2. The molecule has 2 heterocycles. The van der Waals surface area contributed by atoms with Gasteiger partial charge in [-0.3, -0.25) is 9.78 Å². The largest absolute Gasteiger partial charge is 0.323 e. The smallest absolute Gasteiger partial charge is 0.308 e. The van der Waals surface area contributed by atoms with E-state index in [-0.39, 0.29) is 11.4 Å². The number of aromatic nitrogens is 2. The molecule has 31 heavy (non-hydrogen) atoms. The predicted molar refractivity (Wildman–Crippen MR) is 108 cm³/mol. The number of benzene rings is 2. The maximum atomic E-state index is 14.9. The van der Waals surface area contributed by atoms with Crippen LogP contribution in [0.15, 0.2) is 66.9 Å². The van der Waals surface area contributed by atoms with E-state index in [9.17, 15) is 22.8 Å². The van der Waals surface area contributed by atoms with E-state index in [0.717, 1.165) is 18.2 Å². The number of urea groups is 1. The van der Waals surface area contributed by atoms with Gasteiger partial charge in [0.2, 0.25) is 5.78 Å². The van der Waals surface area contributed by atoms with Gasteiger partial charge in [0.15, 0.2) is 5.82 Å². The van der Waals surface area contributed by atoms with Gasteiger partial charge in [0.05, 0.1) is 22.3 Å². The summed E-state index contributed by atoms with van der Waals surface area (Å²) in [6.07, 6.45) is 1.56. The lowest BCUT2D eigenvalue weighted by Gasteiger charge is -2.11. The van der Waals surface area contributed by atoms with E-state index in [4.69, 9.17) is 0 Å². The molecule has 4 rings (SSSR count). The van der Waals surface area contributed by atoms with Crippen LogP contribution in [0.4, 0.5) is 29.3 Å². The lowest BCUT2D eigenvalue weighted by molar-refractivity contribution is 0.103. The summed E-state index contributed by atoms with van der Waals surface area (Å²) < 4.78 is 42.3. The molecule has 4 aromatic rings. The highest BCUT2D eigenvalue weighted by Crippen LogP contribution is 2.23. The molecule has 0 saturated heterocycles. The van der Waals surface area contributed by atoms with E-state index < -0.39 is 40.5 Å². The van der Waals surface area contributed by atoms with Crippen molar-refractivity contribution in [2.75, 3.05) is 10.6 Å². The lowest BCUT2D eigenvalue weighted by atomic mass is 10.1. The van der Waals surface area contributed by atoms with Gasteiger partial charge >= 0.3 is 6.03 Å². The summed E-state index contributed by atoms with van der Waals surface area (Å²) >= 11 is 0. The van der Waals surface area contributed by atoms with Crippen molar-refractivity contribution in [2.45, 2.75) is 0 Å². The van der Waals surface area contributed by atoms with Crippen LogP contribution >= 0.6 is 0 Å². The van der Waals surface area contributed by atoms with Gasteiger partial charge in [-0.1, -0.05) is 6.07 Å². The fourth-order valence-corrected chi connectivity index (χ4v) is 2.92. The number of hydrogen-bond donors (Lipinski definition) is 2.